The highest BCUT2D eigenvalue weighted by atomic mass is 35.5. The summed E-state index contributed by atoms with van der Waals surface area (Å²) in [6, 6.07) is 7.75. The molecular formula is C17H26ClNO. The van der Waals surface area contributed by atoms with Crippen molar-refractivity contribution in [1.29, 1.82) is 0 Å². The first-order chi connectivity index (χ1) is 9.24. The summed E-state index contributed by atoms with van der Waals surface area (Å²) in [5, 5.41) is 0.666. The van der Waals surface area contributed by atoms with Crippen LogP contribution < -0.4 is 4.90 Å². The Hall–Kier alpha value is -1.02. The highest BCUT2D eigenvalue weighted by molar-refractivity contribution is 6.30. The average Bonchev–Trinajstić information content (AvgIpc) is 2.26. The number of benzene rings is 1. The van der Waals surface area contributed by atoms with Gasteiger partial charge in [-0.2, -0.15) is 0 Å². The Balaban J connectivity index is 3.05. The minimum atomic E-state index is -0.0140. The van der Waals surface area contributed by atoms with E-state index in [1.165, 1.54) is 0 Å². The lowest BCUT2D eigenvalue weighted by Gasteiger charge is -2.32. The van der Waals surface area contributed by atoms with Gasteiger partial charge in [0.2, 0.25) is 5.91 Å². The van der Waals surface area contributed by atoms with Crippen LogP contribution in [0.2, 0.25) is 5.02 Å². The molecule has 0 aliphatic heterocycles. The Labute approximate surface area is 128 Å². The molecule has 1 aromatic carbocycles. The predicted molar refractivity (Wildman–Crippen MR) is 87.4 cm³/mol. The van der Waals surface area contributed by atoms with E-state index in [0.29, 0.717) is 11.4 Å². The average molecular weight is 296 g/mol. The molecule has 0 fully saturated rings. The van der Waals surface area contributed by atoms with Crippen LogP contribution in [0.4, 0.5) is 5.69 Å². The van der Waals surface area contributed by atoms with Gasteiger partial charge in [0.1, 0.15) is 0 Å². The third kappa shape index (κ3) is 5.16. The zero-order valence-electron chi connectivity index (χ0n) is 13.2. The number of rotatable bonds is 5. The van der Waals surface area contributed by atoms with Crippen LogP contribution in [0.15, 0.2) is 24.3 Å². The fourth-order valence-corrected chi connectivity index (χ4v) is 2.54. The molecule has 112 valence electrons. The van der Waals surface area contributed by atoms with Crippen molar-refractivity contribution in [1.82, 2.24) is 0 Å². The van der Waals surface area contributed by atoms with Crippen LogP contribution >= 0.6 is 11.6 Å². The molecule has 0 heterocycles. The van der Waals surface area contributed by atoms with E-state index < -0.39 is 0 Å². The lowest BCUT2D eigenvalue weighted by Crippen LogP contribution is -2.40. The second-order valence-corrected chi connectivity index (χ2v) is 7.06. The van der Waals surface area contributed by atoms with Crippen LogP contribution in [-0.2, 0) is 4.79 Å². The monoisotopic (exact) mass is 295 g/mol. The topological polar surface area (TPSA) is 20.3 Å². The Morgan fingerprint density at radius 3 is 2.50 bits per heavy atom. The Morgan fingerprint density at radius 2 is 2.00 bits per heavy atom. The van der Waals surface area contributed by atoms with E-state index in [0.717, 1.165) is 18.5 Å². The summed E-state index contributed by atoms with van der Waals surface area (Å²) in [5.74, 6) is 0.167. The summed E-state index contributed by atoms with van der Waals surface area (Å²) < 4.78 is 0. The highest BCUT2D eigenvalue weighted by Gasteiger charge is 2.25. The number of hydrogen-bond donors (Lipinski definition) is 0. The molecule has 1 unspecified atom stereocenters. The molecule has 1 aromatic rings. The van der Waals surface area contributed by atoms with Gasteiger partial charge < -0.3 is 4.90 Å². The van der Waals surface area contributed by atoms with Crippen molar-refractivity contribution in [3.63, 3.8) is 0 Å². The summed E-state index contributed by atoms with van der Waals surface area (Å²) in [6.07, 6.45) is 2.58. The van der Waals surface area contributed by atoms with Crippen LogP contribution in [-0.4, -0.2) is 11.9 Å². The van der Waals surface area contributed by atoms with Crippen molar-refractivity contribution < 1.29 is 4.79 Å². The molecule has 20 heavy (non-hydrogen) atoms. The number of hydrogen-bond acceptors (Lipinski definition) is 1. The van der Waals surface area contributed by atoms with Gasteiger partial charge in [-0.1, -0.05) is 51.8 Å². The van der Waals surface area contributed by atoms with E-state index in [9.17, 15) is 4.79 Å². The van der Waals surface area contributed by atoms with E-state index in [-0.39, 0.29) is 17.4 Å². The maximum atomic E-state index is 12.7. The van der Waals surface area contributed by atoms with Gasteiger partial charge in [0.15, 0.2) is 0 Å². The molecule has 2 nitrogen and oxygen atoms in total. The largest absolute Gasteiger partial charge is 0.310 e. The van der Waals surface area contributed by atoms with Gasteiger partial charge >= 0.3 is 0 Å². The quantitative estimate of drug-likeness (QED) is 0.722. The molecule has 0 radical (unpaired) electrons. The molecule has 0 aliphatic rings. The van der Waals surface area contributed by atoms with E-state index in [2.05, 4.69) is 34.6 Å². The van der Waals surface area contributed by atoms with Gasteiger partial charge in [-0.05, 0) is 37.0 Å². The van der Waals surface area contributed by atoms with Crippen LogP contribution in [0.5, 0.6) is 0 Å². The molecule has 0 aliphatic carbocycles. The number of anilines is 1. The SMILES string of the molecule is CCCC(C)N(C(=O)CC(C)(C)C)c1cccc(Cl)c1. The molecule has 0 bridgehead atoms. The van der Waals surface area contributed by atoms with Gasteiger partial charge in [0, 0.05) is 23.2 Å². The predicted octanol–water partition coefficient (Wildman–Crippen LogP) is 5.30. The maximum absolute atomic E-state index is 12.7. The molecule has 0 saturated heterocycles. The molecule has 0 N–H and O–H groups in total. The molecule has 3 heteroatoms. The Kier molecular flexibility index (Phi) is 6.07. The van der Waals surface area contributed by atoms with E-state index in [1.54, 1.807) is 0 Å². The number of carbonyl (C=O) groups excluding carboxylic acids is 1. The highest BCUT2D eigenvalue weighted by Crippen LogP contribution is 2.27. The summed E-state index contributed by atoms with van der Waals surface area (Å²) in [4.78, 5) is 14.6. The molecule has 0 saturated carbocycles. The number of nitrogens with zero attached hydrogens (tertiary/aromatic N) is 1. The second kappa shape index (κ2) is 7.12. The zero-order chi connectivity index (χ0) is 15.3. The summed E-state index contributed by atoms with van der Waals surface area (Å²) in [6.45, 7) is 10.5. The molecule has 1 rings (SSSR count). The molecule has 1 atom stereocenters. The van der Waals surface area contributed by atoms with Gasteiger partial charge in [0.05, 0.1) is 0 Å². The van der Waals surface area contributed by atoms with Crippen molar-refractivity contribution in [3.8, 4) is 0 Å². The van der Waals surface area contributed by atoms with Crippen LogP contribution in [0, 0.1) is 5.41 Å². The van der Waals surface area contributed by atoms with E-state index in [1.807, 2.05) is 29.2 Å². The third-order valence-electron chi connectivity index (χ3n) is 3.18. The summed E-state index contributed by atoms with van der Waals surface area (Å²) in [7, 11) is 0. The molecular weight excluding hydrogens is 270 g/mol. The van der Waals surface area contributed by atoms with Crippen molar-refractivity contribution in [2.45, 2.75) is 59.9 Å². The Morgan fingerprint density at radius 1 is 1.35 bits per heavy atom. The molecule has 1 amide bonds. The van der Waals surface area contributed by atoms with Gasteiger partial charge in [-0.3, -0.25) is 4.79 Å². The first kappa shape index (κ1) is 17.0. The molecule has 0 spiro atoms. The van der Waals surface area contributed by atoms with Gasteiger partial charge in [0.25, 0.3) is 0 Å². The minimum Gasteiger partial charge on any atom is -0.310 e. The van der Waals surface area contributed by atoms with Gasteiger partial charge in [-0.15, -0.1) is 0 Å². The van der Waals surface area contributed by atoms with Crippen LogP contribution in [0.3, 0.4) is 0 Å². The van der Waals surface area contributed by atoms with E-state index in [4.69, 9.17) is 11.6 Å². The standard InChI is InChI=1S/C17H26ClNO/c1-6-8-13(2)19(16(20)12-17(3,4)5)15-10-7-9-14(18)11-15/h7,9-11,13H,6,8,12H2,1-5H3. The smallest absolute Gasteiger partial charge is 0.227 e. The maximum Gasteiger partial charge on any atom is 0.227 e. The van der Waals surface area contributed by atoms with Crippen LogP contribution in [0.1, 0.15) is 53.9 Å². The first-order valence-electron chi connectivity index (χ1n) is 7.32. The minimum absolute atomic E-state index is 0.0140. The van der Waals surface area contributed by atoms with Crippen molar-refractivity contribution >= 4 is 23.2 Å². The van der Waals surface area contributed by atoms with E-state index >= 15 is 0 Å². The van der Waals surface area contributed by atoms with Crippen molar-refractivity contribution in [3.05, 3.63) is 29.3 Å². The normalized spacial score (nSPS) is 13.1. The lowest BCUT2D eigenvalue weighted by atomic mass is 9.91. The fraction of sp³-hybridized carbons (Fsp3) is 0.588. The number of carbonyl (C=O) groups is 1. The van der Waals surface area contributed by atoms with Gasteiger partial charge in [-0.25, -0.2) is 0 Å². The summed E-state index contributed by atoms with van der Waals surface area (Å²) in [5.41, 5.74) is 0.882. The molecule has 0 aromatic heterocycles. The van der Waals surface area contributed by atoms with Crippen LogP contribution in [0.25, 0.3) is 0 Å². The fourth-order valence-electron chi connectivity index (χ4n) is 2.36. The van der Waals surface area contributed by atoms with Crippen molar-refractivity contribution in [2.75, 3.05) is 4.90 Å². The number of halogens is 1. The Bertz CT molecular complexity index is 451. The lowest BCUT2D eigenvalue weighted by molar-refractivity contribution is -0.120. The van der Waals surface area contributed by atoms with Crippen molar-refractivity contribution in [2.24, 2.45) is 5.41 Å². The first-order valence-corrected chi connectivity index (χ1v) is 7.70. The number of amides is 1. The zero-order valence-corrected chi connectivity index (χ0v) is 14.0. The third-order valence-corrected chi connectivity index (χ3v) is 3.42. The second-order valence-electron chi connectivity index (χ2n) is 6.62. The summed E-state index contributed by atoms with van der Waals surface area (Å²) >= 11 is 6.07.